The zero-order chi connectivity index (χ0) is 18.9. The first-order valence-electron chi connectivity index (χ1n) is 8.95. The van der Waals surface area contributed by atoms with Crippen molar-refractivity contribution in [1.82, 2.24) is 14.9 Å². The summed E-state index contributed by atoms with van der Waals surface area (Å²) >= 11 is 6.01. The Bertz CT molecular complexity index is 841. The molecule has 150 valence electrons. The molecule has 0 amide bonds. The molecule has 3 rings (SSSR count). The Balaban J connectivity index is 0.00000280. The van der Waals surface area contributed by atoms with Gasteiger partial charge in [-0.25, -0.2) is 4.98 Å². The predicted molar refractivity (Wildman–Crippen MR) is 115 cm³/mol. The smallest absolute Gasteiger partial charge is 0.161 e. The largest absolute Gasteiger partial charge is 0.493 e. The third kappa shape index (κ3) is 6.75. The molecule has 0 saturated carbocycles. The molecule has 1 N–H and O–H groups in total. The van der Waals surface area contributed by atoms with E-state index < -0.39 is 0 Å². The fraction of sp³-hybridized carbons (Fsp3) is 0.286. The van der Waals surface area contributed by atoms with Gasteiger partial charge in [0.15, 0.2) is 11.5 Å². The van der Waals surface area contributed by atoms with E-state index in [0.29, 0.717) is 11.6 Å². The van der Waals surface area contributed by atoms with E-state index in [4.69, 9.17) is 21.1 Å². The number of aromatic nitrogens is 2. The van der Waals surface area contributed by atoms with Gasteiger partial charge in [-0.1, -0.05) is 29.8 Å². The van der Waals surface area contributed by atoms with Crippen LogP contribution in [0.25, 0.3) is 0 Å². The maximum atomic E-state index is 6.01. The van der Waals surface area contributed by atoms with Crippen LogP contribution in [0.2, 0.25) is 5.02 Å². The number of benzene rings is 2. The lowest BCUT2D eigenvalue weighted by Gasteiger charge is -2.13. The lowest BCUT2D eigenvalue weighted by Crippen LogP contribution is -2.16. The quantitative estimate of drug-likeness (QED) is 0.480. The van der Waals surface area contributed by atoms with Gasteiger partial charge in [0.05, 0.1) is 13.4 Å². The Morgan fingerprint density at radius 2 is 2.00 bits per heavy atom. The number of nitrogens with one attached hydrogen (secondary N) is 1. The molecule has 0 aliphatic heterocycles. The summed E-state index contributed by atoms with van der Waals surface area (Å²) in [5.41, 5.74) is 2.18. The van der Waals surface area contributed by atoms with Gasteiger partial charge in [0.1, 0.15) is 6.61 Å². The maximum absolute atomic E-state index is 6.01. The molecule has 0 aliphatic rings. The Morgan fingerprint density at radius 1 is 1.11 bits per heavy atom. The molecule has 0 spiro atoms. The monoisotopic (exact) mass is 421 g/mol. The second kappa shape index (κ2) is 11.6. The van der Waals surface area contributed by atoms with Crippen molar-refractivity contribution in [1.29, 1.82) is 0 Å². The summed E-state index contributed by atoms with van der Waals surface area (Å²) < 4.78 is 13.5. The molecular formula is C21H25Cl2N3O2. The van der Waals surface area contributed by atoms with Gasteiger partial charge in [-0.2, -0.15) is 0 Å². The molecule has 1 heterocycles. The minimum absolute atomic E-state index is 0. The minimum Gasteiger partial charge on any atom is -0.493 e. The standard InChI is InChI=1S/C21H24ClN3O2.ClH/c1-26-21-13-17(14-23-8-3-10-25-11-9-24-16-25)6-7-20(21)27-15-18-4-2-5-19(22)12-18;/h2,4-7,9,11-13,16,23H,3,8,10,14-15H2,1H3;1H. The second-order valence-electron chi connectivity index (χ2n) is 6.23. The Kier molecular flexibility index (Phi) is 9.14. The number of rotatable bonds is 10. The van der Waals surface area contributed by atoms with Crippen LogP contribution in [-0.2, 0) is 19.7 Å². The number of nitrogens with zero attached hydrogens (tertiary/aromatic N) is 2. The number of hydrogen-bond acceptors (Lipinski definition) is 4. The molecule has 0 bridgehead atoms. The minimum atomic E-state index is 0. The molecule has 7 heteroatoms. The fourth-order valence-electron chi connectivity index (χ4n) is 2.77. The van der Waals surface area contributed by atoms with Gasteiger partial charge < -0.3 is 19.4 Å². The molecule has 0 aliphatic carbocycles. The molecule has 2 aromatic carbocycles. The normalized spacial score (nSPS) is 10.4. The first-order chi connectivity index (χ1) is 13.2. The van der Waals surface area contributed by atoms with Crippen LogP contribution in [0.5, 0.6) is 11.5 Å². The van der Waals surface area contributed by atoms with Crippen LogP contribution in [0.4, 0.5) is 0 Å². The van der Waals surface area contributed by atoms with E-state index in [1.807, 2.05) is 48.9 Å². The fourth-order valence-corrected chi connectivity index (χ4v) is 2.98. The number of hydrogen-bond donors (Lipinski definition) is 1. The van der Waals surface area contributed by atoms with E-state index in [1.54, 1.807) is 13.3 Å². The summed E-state index contributed by atoms with van der Waals surface area (Å²) in [5, 5.41) is 4.16. The Hall–Kier alpha value is -2.21. The third-order valence-corrected chi connectivity index (χ3v) is 4.40. The summed E-state index contributed by atoms with van der Waals surface area (Å²) in [4.78, 5) is 4.04. The number of methoxy groups -OCH3 is 1. The lowest BCUT2D eigenvalue weighted by molar-refractivity contribution is 0.284. The first kappa shape index (κ1) is 22.1. The zero-order valence-corrected chi connectivity index (χ0v) is 17.4. The molecular weight excluding hydrogens is 397 g/mol. The molecule has 1 aromatic heterocycles. The van der Waals surface area contributed by atoms with Crippen LogP contribution in [0.15, 0.2) is 61.2 Å². The second-order valence-corrected chi connectivity index (χ2v) is 6.67. The molecule has 28 heavy (non-hydrogen) atoms. The van der Waals surface area contributed by atoms with Gasteiger partial charge in [0.25, 0.3) is 0 Å². The van der Waals surface area contributed by atoms with Gasteiger partial charge in [-0.3, -0.25) is 0 Å². The predicted octanol–water partition coefficient (Wildman–Crippen LogP) is 4.73. The van der Waals surface area contributed by atoms with Crippen LogP contribution in [0, 0.1) is 0 Å². The molecule has 0 atom stereocenters. The van der Waals surface area contributed by atoms with E-state index in [0.717, 1.165) is 48.7 Å². The Labute approximate surface area is 177 Å². The average molecular weight is 422 g/mol. The zero-order valence-electron chi connectivity index (χ0n) is 15.8. The van der Waals surface area contributed by atoms with Crippen molar-refractivity contribution in [2.45, 2.75) is 26.1 Å². The van der Waals surface area contributed by atoms with Crippen molar-refractivity contribution in [3.63, 3.8) is 0 Å². The van der Waals surface area contributed by atoms with Gasteiger partial charge in [-0.15, -0.1) is 12.4 Å². The Morgan fingerprint density at radius 3 is 2.75 bits per heavy atom. The summed E-state index contributed by atoms with van der Waals surface area (Å²) in [6.07, 6.45) is 6.67. The summed E-state index contributed by atoms with van der Waals surface area (Å²) in [6.45, 7) is 3.14. The van der Waals surface area contributed by atoms with Crippen LogP contribution in [-0.4, -0.2) is 23.2 Å². The van der Waals surface area contributed by atoms with E-state index in [1.165, 1.54) is 0 Å². The topological polar surface area (TPSA) is 48.3 Å². The summed E-state index contributed by atoms with van der Waals surface area (Å²) in [5.74, 6) is 1.45. The van der Waals surface area contributed by atoms with Gasteiger partial charge in [0.2, 0.25) is 0 Å². The third-order valence-electron chi connectivity index (χ3n) is 4.17. The molecule has 0 fully saturated rings. The van der Waals surface area contributed by atoms with E-state index in [2.05, 4.69) is 20.9 Å². The lowest BCUT2D eigenvalue weighted by atomic mass is 10.2. The highest BCUT2D eigenvalue weighted by molar-refractivity contribution is 6.30. The van der Waals surface area contributed by atoms with Crippen LogP contribution in [0.3, 0.4) is 0 Å². The van der Waals surface area contributed by atoms with Crippen molar-refractivity contribution in [2.75, 3.05) is 13.7 Å². The van der Waals surface area contributed by atoms with Crippen molar-refractivity contribution in [2.24, 2.45) is 0 Å². The summed E-state index contributed by atoms with van der Waals surface area (Å²) in [7, 11) is 1.66. The number of halogens is 2. The van der Waals surface area contributed by atoms with Crippen molar-refractivity contribution in [3.05, 3.63) is 77.3 Å². The summed E-state index contributed by atoms with van der Waals surface area (Å²) in [6, 6.07) is 13.7. The molecule has 0 saturated heterocycles. The number of imidazole rings is 1. The van der Waals surface area contributed by atoms with E-state index in [9.17, 15) is 0 Å². The molecule has 0 radical (unpaired) electrons. The van der Waals surface area contributed by atoms with Crippen LogP contribution < -0.4 is 14.8 Å². The highest BCUT2D eigenvalue weighted by atomic mass is 35.5. The number of aryl methyl sites for hydroxylation is 1. The van der Waals surface area contributed by atoms with Gasteiger partial charge >= 0.3 is 0 Å². The molecule has 3 aromatic rings. The SMILES string of the molecule is COc1cc(CNCCCn2ccnc2)ccc1OCc1cccc(Cl)c1.Cl. The maximum Gasteiger partial charge on any atom is 0.161 e. The highest BCUT2D eigenvalue weighted by Crippen LogP contribution is 2.29. The number of ether oxygens (including phenoxy) is 2. The van der Waals surface area contributed by atoms with E-state index in [-0.39, 0.29) is 12.4 Å². The van der Waals surface area contributed by atoms with Gasteiger partial charge in [0, 0.05) is 30.5 Å². The molecule has 5 nitrogen and oxygen atoms in total. The average Bonchev–Trinajstić information content (AvgIpc) is 3.20. The van der Waals surface area contributed by atoms with Crippen molar-refractivity contribution >= 4 is 24.0 Å². The van der Waals surface area contributed by atoms with Gasteiger partial charge in [-0.05, 0) is 48.4 Å². The van der Waals surface area contributed by atoms with Crippen molar-refractivity contribution < 1.29 is 9.47 Å². The van der Waals surface area contributed by atoms with Crippen LogP contribution >= 0.6 is 24.0 Å². The molecule has 0 unspecified atom stereocenters. The van der Waals surface area contributed by atoms with E-state index >= 15 is 0 Å². The highest BCUT2D eigenvalue weighted by Gasteiger charge is 2.06. The first-order valence-corrected chi connectivity index (χ1v) is 9.33. The van der Waals surface area contributed by atoms with Crippen LogP contribution in [0.1, 0.15) is 17.5 Å². The van der Waals surface area contributed by atoms with Crippen molar-refractivity contribution in [3.8, 4) is 11.5 Å².